The van der Waals surface area contributed by atoms with E-state index >= 15 is 0 Å². The van der Waals surface area contributed by atoms with Gasteiger partial charge in [0.05, 0.1) is 6.10 Å². The zero-order valence-electron chi connectivity index (χ0n) is 9.42. The second kappa shape index (κ2) is 5.99. The van der Waals surface area contributed by atoms with Gasteiger partial charge in [-0.05, 0) is 30.9 Å². The van der Waals surface area contributed by atoms with Crippen molar-refractivity contribution in [2.24, 2.45) is 0 Å². The summed E-state index contributed by atoms with van der Waals surface area (Å²) in [6.07, 6.45) is 3.98. The Morgan fingerprint density at radius 3 is 2.71 bits per heavy atom. The Hall–Kier alpha value is -0.603. The number of aryl methyl sites for hydroxylation is 1. The van der Waals surface area contributed by atoms with Gasteiger partial charge in [0.15, 0.2) is 0 Å². The third-order valence-corrected chi connectivity index (χ3v) is 3.35. The molecule has 1 aromatic rings. The van der Waals surface area contributed by atoms with E-state index in [2.05, 4.69) is 38.1 Å². The average molecular weight is 208 g/mol. The average Bonchev–Trinajstić information content (AvgIpc) is 2.25. The number of hydrogen-bond acceptors (Lipinski definition) is 1. The van der Waals surface area contributed by atoms with Crippen LogP contribution in [0.3, 0.4) is 0 Å². The van der Waals surface area contributed by atoms with E-state index in [1.165, 1.54) is 30.4 Å². The van der Waals surface area contributed by atoms with Gasteiger partial charge in [-0.25, -0.2) is 0 Å². The SMILES string of the molecule is CCCCc1ccccc1C(C)O[SiH3]. The van der Waals surface area contributed by atoms with Gasteiger partial charge in [-0.15, -0.1) is 0 Å². The predicted molar refractivity (Wildman–Crippen MR) is 64.5 cm³/mol. The number of rotatable bonds is 5. The second-order valence-electron chi connectivity index (χ2n) is 3.68. The van der Waals surface area contributed by atoms with Gasteiger partial charge in [0, 0.05) is 0 Å². The molecule has 0 aliphatic carbocycles. The molecule has 2 heteroatoms. The van der Waals surface area contributed by atoms with Gasteiger partial charge in [-0.1, -0.05) is 37.6 Å². The van der Waals surface area contributed by atoms with Crippen LogP contribution >= 0.6 is 0 Å². The Morgan fingerprint density at radius 2 is 2.07 bits per heavy atom. The van der Waals surface area contributed by atoms with Crippen molar-refractivity contribution in [2.45, 2.75) is 39.2 Å². The molecule has 0 aromatic heterocycles. The number of hydrogen-bond donors (Lipinski definition) is 0. The maximum atomic E-state index is 5.50. The first-order valence-corrected chi connectivity index (χ1v) is 6.21. The fourth-order valence-electron chi connectivity index (χ4n) is 1.65. The Kier molecular flexibility index (Phi) is 4.91. The molecular formula is C12H20OSi. The van der Waals surface area contributed by atoms with Gasteiger partial charge in [0.1, 0.15) is 10.5 Å². The molecule has 0 aliphatic heterocycles. The van der Waals surface area contributed by atoms with Crippen molar-refractivity contribution in [2.75, 3.05) is 0 Å². The summed E-state index contributed by atoms with van der Waals surface area (Å²) in [7, 11) is 0.811. The van der Waals surface area contributed by atoms with Crippen molar-refractivity contribution in [1.82, 2.24) is 0 Å². The predicted octanol–water partition coefficient (Wildman–Crippen LogP) is 2.39. The highest BCUT2D eigenvalue weighted by Gasteiger charge is 2.07. The van der Waals surface area contributed by atoms with Crippen molar-refractivity contribution in [3.8, 4) is 0 Å². The summed E-state index contributed by atoms with van der Waals surface area (Å²) in [4.78, 5) is 0. The monoisotopic (exact) mass is 208 g/mol. The van der Waals surface area contributed by atoms with Gasteiger partial charge in [0.2, 0.25) is 0 Å². The van der Waals surface area contributed by atoms with Crippen molar-refractivity contribution in [3.05, 3.63) is 35.4 Å². The lowest BCUT2D eigenvalue weighted by Crippen LogP contribution is -2.01. The molecule has 1 rings (SSSR count). The minimum atomic E-state index is 0.273. The molecule has 0 radical (unpaired) electrons. The normalized spacial score (nSPS) is 13.0. The van der Waals surface area contributed by atoms with Crippen LogP contribution in [0.2, 0.25) is 0 Å². The smallest absolute Gasteiger partial charge is 0.146 e. The van der Waals surface area contributed by atoms with Crippen LogP contribution in [0.1, 0.15) is 43.9 Å². The number of benzene rings is 1. The molecule has 0 saturated heterocycles. The van der Waals surface area contributed by atoms with Gasteiger partial charge < -0.3 is 4.43 Å². The Morgan fingerprint density at radius 1 is 1.36 bits per heavy atom. The largest absolute Gasteiger partial charge is 0.421 e. The van der Waals surface area contributed by atoms with E-state index in [0.717, 1.165) is 10.5 Å². The Balaban J connectivity index is 2.79. The lowest BCUT2D eigenvalue weighted by molar-refractivity contribution is 0.249. The molecule has 1 aromatic carbocycles. The maximum absolute atomic E-state index is 5.50. The van der Waals surface area contributed by atoms with E-state index in [0.29, 0.717) is 0 Å². The van der Waals surface area contributed by atoms with Crippen molar-refractivity contribution in [3.63, 3.8) is 0 Å². The zero-order chi connectivity index (χ0) is 10.4. The van der Waals surface area contributed by atoms with Crippen LogP contribution in [0.25, 0.3) is 0 Å². The van der Waals surface area contributed by atoms with Crippen molar-refractivity contribution >= 4 is 10.5 Å². The minimum Gasteiger partial charge on any atom is -0.421 e. The quantitative estimate of drug-likeness (QED) is 0.675. The first-order valence-electron chi connectivity index (χ1n) is 5.40. The van der Waals surface area contributed by atoms with Gasteiger partial charge in [-0.2, -0.15) is 0 Å². The third-order valence-electron chi connectivity index (χ3n) is 2.65. The highest BCUT2D eigenvalue weighted by molar-refractivity contribution is 5.98. The fraction of sp³-hybridized carbons (Fsp3) is 0.500. The van der Waals surface area contributed by atoms with Gasteiger partial charge >= 0.3 is 0 Å². The van der Waals surface area contributed by atoms with Crippen LogP contribution < -0.4 is 0 Å². The molecule has 1 atom stereocenters. The molecule has 0 spiro atoms. The zero-order valence-corrected chi connectivity index (χ0v) is 11.4. The molecule has 0 amide bonds. The molecule has 0 bridgehead atoms. The standard InChI is InChI=1S/C12H20OSi/c1-3-4-7-11-8-5-6-9-12(11)10(2)13-14/h5-6,8-10H,3-4,7H2,1-2,14H3. The molecule has 0 N–H and O–H groups in total. The second-order valence-corrected chi connectivity index (χ2v) is 4.15. The van der Waals surface area contributed by atoms with E-state index in [1.807, 2.05) is 0 Å². The van der Waals surface area contributed by atoms with Crippen LogP contribution in [-0.2, 0) is 10.8 Å². The van der Waals surface area contributed by atoms with Crippen LogP contribution in [0.15, 0.2) is 24.3 Å². The van der Waals surface area contributed by atoms with Gasteiger partial charge in [0.25, 0.3) is 0 Å². The lowest BCUT2D eigenvalue weighted by Gasteiger charge is -2.15. The Labute approximate surface area is 90.0 Å². The van der Waals surface area contributed by atoms with Crippen LogP contribution in [0.4, 0.5) is 0 Å². The number of unbranched alkanes of at least 4 members (excludes halogenated alkanes) is 1. The first-order chi connectivity index (χ1) is 6.79. The van der Waals surface area contributed by atoms with E-state index in [9.17, 15) is 0 Å². The highest BCUT2D eigenvalue weighted by atomic mass is 28.2. The summed E-state index contributed by atoms with van der Waals surface area (Å²) in [5.74, 6) is 0. The lowest BCUT2D eigenvalue weighted by atomic mass is 9.99. The third kappa shape index (κ3) is 2.96. The summed E-state index contributed by atoms with van der Waals surface area (Å²) in [6, 6.07) is 8.63. The van der Waals surface area contributed by atoms with E-state index in [1.54, 1.807) is 0 Å². The molecule has 1 unspecified atom stereocenters. The molecule has 1 nitrogen and oxygen atoms in total. The van der Waals surface area contributed by atoms with E-state index in [4.69, 9.17) is 4.43 Å². The van der Waals surface area contributed by atoms with Crippen LogP contribution in [0, 0.1) is 0 Å². The summed E-state index contributed by atoms with van der Waals surface area (Å²) in [5.41, 5.74) is 2.83. The molecule has 0 saturated carbocycles. The fourth-order valence-corrected chi connectivity index (χ4v) is 1.91. The summed E-state index contributed by atoms with van der Waals surface area (Å²) >= 11 is 0. The van der Waals surface area contributed by atoms with E-state index < -0.39 is 0 Å². The summed E-state index contributed by atoms with van der Waals surface area (Å²) < 4.78 is 5.50. The molecule has 0 aliphatic rings. The van der Waals surface area contributed by atoms with Crippen LogP contribution in [-0.4, -0.2) is 10.5 Å². The molecule has 0 fully saturated rings. The molecule has 78 valence electrons. The first kappa shape index (κ1) is 11.5. The molecule has 14 heavy (non-hydrogen) atoms. The van der Waals surface area contributed by atoms with Crippen LogP contribution in [0.5, 0.6) is 0 Å². The highest BCUT2D eigenvalue weighted by Crippen LogP contribution is 2.21. The summed E-state index contributed by atoms with van der Waals surface area (Å²) in [5, 5.41) is 0. The Bertz CT molecular complexity index is 273. The molecular weight excluding hydrogens is 188 g/mol. The van der Waals surface area contributed by atoms with Gasteiger partial charge in [-0.3, -0.25) is 0 Å². The molecule has 0 heterocycles. The van der Waals surface area contributed by atoms with Crippen molar-refractivity contribution < 1.29 is 4.43 Å². The van der Waals surface area contributed by atoms with Crippen molar-refractivity contribution in [1.29, 1.82) is 0 Å². The topological polar surface area (TPSA) is 9.23 Å². The minimum absolute atomic E-state index is 0.273. The van der Waals surface area contributed by atoms with E-state index in [-0.39, 0.29) is 6.10 Å². The summed E-state index contributed by atoms with van der Waals surface area (Å²) in [6.45, 7) is 4.37. The maximum Gasteiger partial charge on any atom is 0.146 e.